The van der Waals surface area contributed by atoms with Crippen LogP contribution in [0.1, 0.15) is 20.3 Å². The maximum Gasteiger partial charge on any atom is 0.303 e. The monoisotopic (exact) mass is 150 g/mol. The summed E-state index contributed by atoms with van der Waals surface area (Å²) in [6, 6.07) is 0. The zero-order chi connectivity index (χ0) is 7.86. The van der Waals surface area contributed by atoms with Gasteiger partial charge in [-0.25, -0.2) is 0 Å². The van der Waals surface area contributed by atoms with Crippen molar-refractivity contribution in [1.29, 1.82) is 0 Å². The summed E-state index contributed by atoms with van der Waals surface area (Å²) in [5.41, 5.74) is 0. The van der Waals surface area contributed by atoms with E-state index in [9.17, 15) is 9.59 Å². The Morgan fingerprint density at radius 2 is 1.67 bits per heavy atom. The van der Waals surface area contributed by atoms with E-state index in [4.69, 9.17) is 5.11 Å². The molecule has 1 N–H and O–H groups in total. The fourth-order valence-electron chi connectivity index (χ4n) is 0. The summed E-state index contributed by atoms with van der Waals surface area (Å²) < 4.78 is 0. The number of rotatable bonds is 1. The number of carboxylic acids is 1. The van der Waals surface area contributed by atoms with Crippen LogP contribution in [0.5, 0.6) is 0 Å². The lowest BCUT2D eigenvalue weighted by molar-refractivity contribution is -0.136. The van der Waals surface area contributed by atoms with E-state index in [0.29, 0.717) is 0 Å². The van der Waals surface area contributed by atoms with Crippen LogP contribution < -0.4 is 0 Å². The molecule has 0 atom stereocenters. The Morgan fingerprint density at radius 1 is 1.56 bits per heavy atom. The number of carbonyl (C=O) groups excluding carboxylic acids is 1. The van der Waals surface area contributed by atoms with Crippen LogP contribution in [-0.2, 0) is 9.59 Å². The van der Waals surface area contributed by atoms with Crippen molar-refractivity contribution in [3.05, 3.63) is 0 Å². The fraction of sp³-hybridized carbons (Fsp3) is 0.600. The molecular formula is C5H10O3S. The van der Waals surface area contributed by atoms with Crippen molar-refractivity contribution in [2.45, 2.75) is 20.3 Å². The summed E-state index contributed by atoms with van der Waals surface area (Å²) in [5.74, 6) is -0.745. The second-order valence-electron chi connectivity index (χ2n) is 1.27. The Balaban J connectivity index is 0. The first-order valence-electron chi connectivity index (χ1n) is 2.42. The van der Waals surface area contributed by atoms with E-state index in [2.05, 4.69) is 12.6 Å². The second kappa shape index (κ2) is 7.49. The van der Waals surface area contributed by atoms with Crippen LogP contribution in [0.15, 0.2) is 0 Å². The molecule has 0 aromatic carbocycles. The first-order chi connectivity index (χ1) is 4.00. The summed E-state index contributed by atoms with van der Waals surface area (Å²) in [7, 11) is 0. The quantitative estimate of drug-likeness (QED) is 0.547. The number of thiol groups is 1. The highest BCUT2D eigenvalue weighted by atomic mass is 32.1. The van der Waals surface area contributed by atoms with E-state index in [1.165, 1.54) is 6.92 Å². The molecular weight excluding hydrogens is 140 g/mol. The van der Waals surface area contributed by atoms with Crippen molar-refractivity contribution < 1.29 is 14.7 Å². The predicted octanol–water partition coefficient (Wildman–Crippen LogP) is 0.944. The third-order valence-electron chi connectivity index (χ3n) is 0.302. The van der Waals surface area contributed by atoms with Gasteiger partial charge in [-0.15, -0.1) is 12.6 Å². The molecule has 0 aliphatic heterocycles. The molecule has 0 aromatic rings. The molecule has 0 aliphatic rings. The van der Waals surface area contributed by atoms with Crippen molar-refractivity contribution in [3.8, 4) is 0 Å². The lowest BCUT2D eigenvalue weighted by atomic mass is 10.5. The molecule has 0 unspecified atom stereocenters. The summed E-state index contributed by atoms with van der Waals surface area (Å²) >= 11 is 3.33. The van der Waals surface area contributed by atoms with Crippen LogP contribution in [0.2, 0.25) is 0 Å². The molecule has 54 valence electrons. The van der Waals surface area contributed by atoms with E-state index < -0.39 is 5.97 Å². The Kier molecular flexibility index (Phi) is 9.41. The Morgan fingerprint density at radius 3 is 1.67 bits per heavy atom. The van der Waals surface area contributed by atoms with Crippen LogP contribution in [0.25, 0.3) is 0 Å². The Bertz CT molecular complexity index is 96.4. The minimum Gasteiger partial charge on any atom is -0.481 e. The van der Waals surface area contributed by atoms with Gasteiger partial charge in [0, 0.05) is 13.3 Å². The standard InChI is InChI=1S/C3H6O2.C2H4OS/c1-2-3(4)5;1-2(3)4/h2H2,1H3,(H,4,5);1H3,(H,3,4). The molecule has 9 heavy (non-hydrogen) atoms. The van der Waals surface area contributed by atoms with Gasteiger partial charge in [0.15, 0.2) is 5.12 Å². The predicted molar refractivity (Wildman–Crippen MR) is 37.6 cm³/mol. The van der Waals surface area contributed by atoms with E-state index in [-0.39, 0.29) is 11.5 Å². The zero-order valence-corrected chi connectivity index (χ0v) is 6.31. The van der Waals surface area contributed by atoms with Crippen LogP contribution in [-0.4, -0.2) is 16.2 Å². The SMILES string of the molecule is CC(=O)S.CCC(=O)O. The number of aliphatic carboxylic acids is 1. The largest absolute Gasteiger partial charge is 0.481 e. The molecule has 0 amide bonds. The van der Waals surface area contributed by atoms with Crippen LogP contribution in [0, 0.1) is 0 Å². The van der Waals surface area contributed by atoms with Gasteiger partial charge in [-0.3, -0.25) is 9.59 Å². The van der Waals surface area contributed by atoms with Gasteiger partial charge in [0.05, 0.1) is 0 Å². The Labute approximate surface area is 59.5 Å². The van der Waals surface area contributed by atoms with Gasteiger partial charge >= 0.3 is 5.97 Å². The number of hydrogen-bond donors (Lipinski definition) is 2. The normalized spacial score (nSPS) is 7.00. The van der Waals surface area contributed by atoms with Crippen molar-refractivity contribution in [3.63, 3.8) is 0 Å². The highest BCUT2D eigenvalue weighted by Crippen LogP contribution is 1.67. The number of carboxylic acid groups (broad SMARTS) is 1. The van der Waals surface area contributed by atoms with Crippen LogP contribution in [0.3, 0.4) is 0 Å². The molecule has 0 bridgehead atoms. The maximum atomic E-state index is 9.37. The van der Waals surface area contributed by atoms with Gasteiger partial charge < -0.3 is 5.11 Å². The van der Waals surface area contributed by atoms with Gasteiger partial charge in [-0.1, -0.05) is 6.92 Å². The lowest BCUT2D eigenvalue weighted by Crippen LogP contribution is -1.86. The molecule has 0 aromatic heterocycles. The molecule has 0 radical (unpaired) electrons. The molecule has 0 saturated heterocycles. The molecule has 0 aliphatic carbocycles. The van der Waals surface area contributed by atoms with E-state index in [1.54, 1.807) is 6.92 Å². The van der Waals surface area contributed by atoms with Gasteiger partial charge in [0.2, 0.25) is 0 Å². The third-order valence-corrected chi connectivity index (χ3v) is 0.302. The van der Waals surface area contributed by atoms with Crippen molar-refractivity contribution in [2.75, 3.05) is 0 Å². The molecule has 0 fully saturated rings. The van der Waals surface area contributed by atoms with Crippen molar-refractivity contribution >= 4 is 23.7 Å². The summed E-state index contributed by atoms with van der Waals surface area (Å²) in [6.07, 6.45) is 0.222. The van der Waals surface area contributed by atoms with E-state index in [0.717, 1.165) is 0 Å². The number of hydrogen-bond acceptors (Lipinski definition) is 2. The molecule has 0 saturated carbocycles. The van der Waals surface area contributed by atoms with Crippen molar-refractivity contribution in [1.82, 2.24) is 0 Å². The lowest BCUT2D eigenvalue weighted by Gasteiger charge is -1.71. The van der Waals surface area contributed by atoms with Gasteiger partial charge in [0.1, 0.15) is 0 Å². The molecule has 0 heterocycles. The Hall–Kier alpha value is -0.510. The smallest absolute Gasteiger partial charge is 0.303 e. The average molecular weight is 150 g/mol. The van der Waals surface area contributed by atoms with Crippen LogP contribution >= 0.6 is 12.6 Å². The molecule has 4 heteroatoms. The minimum absolute atomic E-state index is 0.139. The maximum absolute atomic E-state index is 9.37. The number of carbonyl (C=O) groups is 2. The first-order valence-corrected chi connectivity index (χ1v) is 2.86. The summed E-state index contributed by atoms with van der Waals surface area (Å²) in [4.78, 5) is 18.7. The van der Waals surface area contributed by atoms with Gasteiger partial charge in [-0.2, -0.15) is 0 Å². The zero-order valence-electron chi connectivity index (χ0n) is 5.42. The van der Waals surface area contributed by atoms with E-state index >= 15 is 0 Å². The molecule has 0 rings (SSSR count). The highest BCUT2D eigenvalue weighted by molar-refractivity contribution is 7.96. The van der Waals surface area contributed by atoms with Gasteiger partial charge in [0.25, 0.3) is 0 Å². The van der Waals surface area contributed by atoms with Gasteiger partial charge in [-0.05, 0) is 0 Å². The molecule has 3 nitrogen and oxygen atoms in total. The first kappa shape index (κ1) is 11.3. The fourth-order valence-corrected chi connectivity index (χ4v) is 0. The second-order valence-corrected chi connectivity index (χ2v) is 1.90. The van der Waals surface area contributed by atoms with Crippen LogP contribution in [0.4, 0.5) is 0 Å². The topological polar surface area (TPSA) is 54.4 Å². The van der Waals surface area contributed by atoms with E-state index in [1.807, 2.05) is 0 Å². The third kappa shape index (κ3) is 102. The van der Waals surface area contributed by atoms with Crippen molar-refractivity contribution in [2.24, 2.45) is 0 Å². The summed E-state index contributed by atoms with van der Waals surface area (Å²) in [5, 5.41) is 7.58. The summed E-state index contributed by atoms with van der Waals surface area (Å²) in [6.45, 7) is 2.99. The highest BCUT2D eigenvalue weighted by Gasteiger charge is 1.80. The minimum atomic E-state index is -0.745. The average Bonchev–Trinajstić information content (AvgIpc) is 1.65. The molecule has 0 spiro atoms.